The molecule has 0 fully saturated rings. The van der Waals surface area contributed by atoms with Crippen LogP contribution in [0.15, 0.2) is 45.3 Å². The van der Waals surface area contributed by atoms with Gasteiger partial charge in [0.2, 0.25) is 10.9 Å². The maximum atomic E-state index is 11.9. The van der Waals surface area contributed by atoms with E-state index in [4.69, 9.17) is 0 Å². The predicted molar refractivity (Wildman–Crippen MR) is 118 cm³/mol. The number of hydrogen-bond donors (Lipinski definition) is 3. The number of rotatable bonds is 7. The van der Waals surface area contributed by atoms with E-state index in [1.165, 1.54) is 6.07 Å². The Bertz CT molecular complexity index is 1020. The van der Waals surface area contributed by atoms with Gasteiger partial charge in [-0.15, -0.1) is 11.3 Å². The van der Waals surface area contributed by atoms with Crippen molar-refractivity contribution in [3.05, 3.63) is 72.2 Å². The molecule has 0 aliphatic rings. The molecule has 0 spiro atoms. The second-order valence-electron chi connectivity index (χ2n) is 6.95. The standard InChI is InChI=1S/C18H16N2O4S.C3H9N/c1-10(14-6-3-7-25-14)20-15-12(17(23)18(15)24)8-19-13-5-2-4-11(9-21)16(13)22;1-4(2)3/h2-7,9-10,19-20,22H,8H2,1H3;1-3H3/t10-;/m1./s1. The van der Waals surface area contributed by atoms with Gasteiger partial charge < -0.3 is 20.6 Å². The number of nitrogens with one attached hydrogen (secondary N) is 2. The Balaban J connectivity index is 0.000000687. The summed E-state index contributed by atoms with van der Waals surface area (Å²) in [5.41, 5.74) is 0.0359. The van der Waals surface area contributed by atoms with Gasteiger partial charge in [-0.2, -0.15) is 0 Å². The summed E-state index contributed by atoms with van der Waals surface area (Å²) >= 11 is 1.56. The van der Waals surface area contributed by atoms with Crippen molar-refractivity contribution in [3.8, 4) is 5.75 Å². The van der Waals surface area contributed by atoms with E-state index in [0.29, 0.717) is 23.2 Å². The number of nitrogens with zero attached hydrogens (tertiary/aromatic N) is 1. The van der Waals surface area contributed by atoms with E-state index in [2.05, 4.69) is 10.6 Å². The van der Waals surface area contributed by atoms with E-state index in [0.717, 1.165) is 4.88 Å². The third-order valence-electron chi connectivity index (χ3n) is 3.99. The van der Waals surface area contributed by atoms with Gasteiger partial charge in [0.15, 0.2) is 6.29 Å². The number of anilines is 2. The van der Waals surface area contributed by atoms with Crippen LogP contribution in [0, 0.1) is 0 Å². The second kappa shape index (κ2) is 9.99. The Morgan fingerprint density at radius 2 is 1.83 bits per heavy atom. The normalized spacial score (nSPS) is 11.6. The molecule has 8 heteroatoms. The highest BCUT2D eigenvalue weighted by Gasteiger charge is 2.22. The molecule has 0 aliphatic heterocycles. The first-order valence-electron chi connectivity index (χ1n) is 9.00. The maximum Gasteiger partial charge on any atom is 0.249 e. The number of thiophene rings is 1. The molecule has 0 amide bonds. The largest absolute Gasteiger partial charge is 0.505 e. The molecular formula is C21H25N3O4S. The Labute approximate surface area is 173 Å². The molecule has 29 heavy (non-hydrogen) atoms. The zero-order valence-electron chi connectivity index (χ0n) is 16.9. The van der Waals surface area contributed by atoms with Gasteiger partial charge in [0.1, 0.15) is 5.75 Å². The first-order chi connectivity index (χ1) is 13.8. The Morgan fingerprint density at radius 3 is 2.41 bits per heavy atom. The number of carbonyl (C=O) groups is 1. The molecule has 0 aliphatic carbocycles. The number of hydrogen-bond acceptors (Lipinski definition) is 8. The van der Waals surface area contributed by atoms with Gasteiger partial charge in [0.25, 0.3) is 0 Å². The molecule has 1 atom stereocenters. The van der Waals surface area contributed by atoms with Crippen LogP contribution in [-0.4, -0.2) is 37.4 Å². The van der Waals surface area contributed by atoms with Gasteiger partial charge in [-0.25, -0.2) is 0 Å². The summed E-state index contributed by atoms with van der Waals surface area (Å²) in [5.74, 6) is -0.183. The lowest BCUT2D eigenvalue weighted by Gasteiger charge is -2.19. The van der Waals surface area contributed by atoms with E-state index in [9.17, 15) is 19.5 Å². The van der Waals surface area contributed by atoms with Crippen LogP contribution in [0.25, 0.3) is 0 Å². The lowest BCUT2D eigenvalue weighted by atomic mass is 10.1. The fourth-order valence-electron chi connectivity index (χ4n) is 2.57. The van der Waals surface area contributed by atoms with Crippen LogP contribution in [0.1, 0.15) is 33.8 Å². The van der Waals surface area contributed by atoms with Crippen LogP contribution >= 0.6 is 11.3 Å². The quantitative estimate of drug-likeness (QED) is 0.310. The first kappa shape index (κ1) is 22.3. The van der Waals surface area contributed by atoms with E-state index in [-0.39, 0.29) is 23.9 Å². The summed E-state index contributed by atoms with van der Waals surface area (Å²) in [5, 5.41) is 17.9. The number of benzene rings is 1. The number of aldehydes is 1. The third-order valence-corrected chi connectivity index (χ3v) is 5.04. The summed E-state index contributed by atoms with van der Waals surface area (Å²) in [4.78, 5) is 37.7. The Kier molecular flexibility index (Phi) is 7.69. The molecule has 154 valence electrons. The molecule has 3 rings (SSSR count). The molecule has 1 aromatic heterocycles. The molecule has 0 saturated carbocycles. The third kappa shape index (κ3) is 5.52. The predicted octanol–water partition coefficient (Wildman–Crippen LogP) is 2.83. The molecule has 0 unspecified atom stereocenters. The SMILES string of the molecule is CN(C)C.C[C@@H](Nc1c(CNc2cccc(C=O)c2O)c(=O)c1=O)c1cccs1. The summed E-state index contributed by atoms with van der Waals surface area (Å²) in [6.45, 7) is 2.00. The van der Waals surface area contributed by atoms with Crippen molar-refractivity contribution >= 4 is 29.0 Å². The summed E-state index contributed by atoms with van der Waals surface area (Å²) in [6.07, 6.45) is 0.549. The average Bonchev–Trinajstić information content (AvgIpc) is 3.22. The van der Waals surface area contributed by atoms with Gasteiger partial charge >= 0.3 is 0 Å². The van der Waals surface area contributed by atoms with Crippen LogP contribution < -0.4 is 21.5 Å². The lowest BCUT2D eigenvalue weighted by molar-refractivity contribution is 0.112. The molecule has 0 saturated heterocycles. The molecule has 1 heterocycles. The number of phenols is 1. The topological polar surface area (TPSA) is 98.7 Å². The van der Waals surface area contributed by atoms with Crippen LogP contribution in [-0.2, 0) is 6.54 Å². The van der Waals surface area contributed by atoms with E-state index in [1.54, 1.807) is 23.5 Å². The summed E-state index contributed by atoms with van der Waals surface area (Å²) < 4.78 is 0. The van der Waals surface area contributed by atoms with Crippen molar-refractivity contribution in [1.29, 1.82) is 0 Å². The van der Waals surface area contributed by atoms with Crippen LogP contribution in [0.4, 0.5) is 11.4 Å². The summed E-state index contributed by atoms with van der Waals surface area (Å²) in [7, 11) is 6.00. The molecule has 7 nitrogen and oxygen atoms in total. The number of aromatic hydroxyl groups is 1. The number of phenolic OH excluding ortho intramolecular Hbond substituents is 1. The van der Waals surface area contributed by atoms with Gasteiger partial charge in [-0.05, 0) is 51.6 Å². The zero-order valence-corrected chi connectivity index (χ0v) is 17.7. The van der Waals surface area contributed by atoms with Crippen molar-refractivity contribution < 1.29 is 9.90 Å². The van der Waals surface area contributed by atoms with Crippen LogP contribution in [0.3, 0.4) is 0 Å². The first-order valence-corrected chi connectivity index (χ1v) is 9.88. The molecule has 2 aromatic carbocycles. The monoisotopic (exact) mass is 415 g/mol. The minimum absolute atomic E-state index is 0.0833. The molecule has 0 radical (unpaired) electrons. The van der Waals surface area contributed by atoms with Crippen LogP contribution in [0.5, 0.6) is 5.75 Å². The smallest absolute Gasteiger partial charge is 0.249 e. The fourth-order valence-corrected chi connectivity index (χ4v) is 3.30. The lowest BCUT2D eigenvalue weighted by Crippen LogP contribution is -2.39. The Morgan fingerprint density at radius 1 is 1.14 bits per heavy atom. The van der Waals surface area contributed by atoms with Crippen molar-refractivity contribution in [1.82, 2.24) is 4.90 Å². The van der Waals surface area contributed by atoms with E-state index in [1.807, 2.05) is 50.5 Å². The number of para-hydroxylation sites is 1. The van der Waals surface area contributed by atoms with Gasteiger partial charge in [0, 0.05) is 11.4 Å². The zero-order chi connectivity index (χ0) is 21.6. The van der Waals surface area contributed by atoms with Crippen molar-refractivity contribution in [2.75, 3.05) is 31.8 Å². The molecule has 0 bridgehead atoms. The highest BCUT2D eigenvalue weighted by Crippen LogP contribution is 2.27. The maximum absolute atomic E-state index is 11.9. The highest BCUT2D eigenvalue weighted by atomic mass is 32.1. The fraction of sp³-hybridized carbons (Fsp3) is 0.286. The molecule has 3 aromatic rings. The highest BCUT2D eigenvalue weighted by molar-refractivity contribution is 7.10. The average molecular weight is 416 g/mol. The van der Waals surface area contributed by atoms with Gasteiger partial charge in [-0.1, -0.05) is 12.1 Å². The van der Waals surface area contributed by atoms with Crippen molar-refractivity contribution in [3.63, 3.8) is 0 Å². The van der Waals surface area contributed by atoms with Crippen molar-refractivity contribution in [2.45, 2.75) is 19.5 Å². The van der Waals surface area contributed by atoms with E-state index < -0.39 is 10.9 Å². The van der Waals surface area contributed by atoms with E-state index >= 15 is 0 Å². The minimum Gasteiger partial charge on any atom is -0.505 e. The Hall–Kier alpha value is -2.97. The minimum atomic E-state index is -0.542. The molecular weight excluding hydrogens is 390 g/mol. The molecule has 3 N–H and O–H groups in total. The number of carbonyl (C=O) groups excluding carboxylic acids is 1. The van der Waals surface area contributed by atoms with Crippen LogP contribution in [0.2, 0.25) is 0 Å². The second-order valence-corrected chi connectivity index (χ2v) is 7.93. The van der Waals surface area contributed by atoms with Gasteiger partial charge in [-0.3, -0.25) is 14.4 Å². The van der Waals surface area contributed by atoms with Gasteiger partial charge in [0.05, 0.1) is 28.5 Å². The van der Waals surface area contributed by atoms with Crippen molar-refractivity contribution in [2.24, 2.45) is 0 Å². The summed E-state index contributed by atoms with van der Waals surface area (Å²) in [6, 6.07) is 8.48.